The zero-order valence-electron chi connectivity index (χ0n) is 14.8. The number of hydrogen-bond donors (Lipinski definition) is 0. The maximum absolute atomic E-state index is 14.2. The molecule has 0 spiro atoms. The Kier molecular flexibility index (Phi) is 5.29. The van der Waals surface area contributed by atoms with E-state index in [4.69, 9.17) is 4.74 Å². The van der Waals surface area contributed by atoms with Crippen LogP contribution in [0.1, 0.15) is 17.0 Å². The summed E-state index contributed by atoms with van der Waals surface area (Å²) in [6, 6.07) is 8.42. The largest absolute Gasteiger partial charge is 0.383 e. The number of halogens is 1. The fourth-order valence-corrected chi connectivity index (χ4v) is 3.81. The molecule has 2 amide bonds. The zero-order chi connectivity index (χ0) is 18.8. The summed E-state index contributed by atoms with van der Waals surface area (Å²) in [4.78, 5) is 26.0. The van der Waals surface area contributed by atoms with Crippen molar-refractivity contribution in [2.45, 2.75) is 13.8 Å². The number of carbonyl (C=O) groups is 2. The minimum absolute atomic E-state index is 0.229. The van der Waals surface area contributed by atoms with Gasteiger partial charge in [-0.3, -0.25) is 14.5 Å². The second kappa shape index (κ2) is 7.47. The molecular weight excluding hydrogens is 355 g/mol. The molecule has 2 heterocycles. The molecule has 0 saturated carbocycles. The normalized spacial score (nSPS) is 16.2. The van der Waals surface area contributed by atoms with Gasteiger partial charge in [-0.2, -0.15) is 0 Å². The lowest BCUT2D eigenvalue weighted by Crippen LogP contribution is -2.31. The van der Waals surface area contributed by atoms with E-state index in [1.54, 1.807) is 28.8 Å². The number of aromatic nitrogens is 1. The van der Waals surface area contributed by atoms with Crippen molar-refractivity contribution < 1.29 is 18.7 Å². The van der Waals surface area contributed by atoms with Gasteiger partial charge in [0.1, 0.15) is 5.82 Å². The van der Waals surface area contributed by atoms with E-state index in [0.717, 1.165) is 28.7 Å². The number of amides is 2. The highest BCUT2D eigenvalue weighted by molar-refractivity contribution is 8.18. The second-order valence-electron chi connectivity index (χ2n) is 5.94. The molecule has 2 aromatic rings. The van der Waals surface area contributed by atoms with Gasteiger partial charge in [-0.15, -0.1) is 0 Å². The second-order valence-corrected chi connectivity index (χ2v) is 6.93. The first kappa shape index (κ1) is 18.4. The van der Waals surface area contributed by atoms with Crippen molar-refractivity contribution >= 4 is 29.0 Å². The van der Waals surface area contributed by atoms with Crippen molar-refractivity contribution in [1.82, 2.24) is 9.47 Å². The summed E-state index contributed by atoms with van der Waals surface area (Å²) >= 11 is 0.909. The SMILES string of the molecule is COCCN1C(=O)S/C(=C/c2cc(C)n(-c3ccccc3F)c2C)C1=O. The molecule has 1 saturated heterocycles. The smallest absolute Gasteiger partial charge is 0.293 e. The summed E-state index contributed by atoms with van der Waals surface area (Å²) in [5, 5.41) is -0.304. The van der Waals surface area contributed by atoms with Crippen LogP contribution in [0.4, 0.5) is 9.18 Å². The van der Waals surface area contributed by atoms with Gasteiger partial charge in [0.2, 0.25) is 0 Å². The lowest BCUT2D eigenvalue weighted by Gasteiger charge is -2.11. The van der Waals surface area contributed by atoms with E-state index >= 15 is 0 Å². The van der Waals surface area contributed by atoms with Crippen LogP contribution in [0.2, 0.25) is 0 Å². The topological polar surface area (TPSA) is 51.5 Å². The highest BCUT2D eigenvalue weighted by Crippen LogP contribution is 2.33. The summed E-state index contributed by atoms with van der Waals surface area (Å²) in [6.45, 7) is 4.27. The first-order valence-electron chi connectivity index (χ1n) is 8.12. The molecule has 1 aliphatic heterocycles. The predicted octanol–water partition coefficient (Wildman–Crippen LogP) is 3.92. The molecule has 1 aromatic carbocycles. The molecule has 1 fully saturated rings. The fourth-order valence-electron chi connectivity index (χ4n) is 2.95. The number of methoxy groups -OCH3 is 1. The van der Waals surface area contributed by atoms with Crippen molar-refractivity contribution in [3.63, 3.8) is 0 Å². The van der Waals surface area contributed by atoms with Crippen LogP contribution in [-0.2, 0) is 9.53 Å². The van der Waals surface area contributed by atoms with Crippen molar-refractivity contribution in [1.29, 1.82) is 0 Å². The zero-order valence-corrected chi connectivity index (χ0v) is 15.6. The van der Waals surface area contributed by atoms with E-state index in [-0.39, 0.29) is 23.5 Å². The van der Waals surface area contributed by atoms with E-state index in [1.807, 2.05) is 19.9 Å². The van der Waals surface area contributed by atoms with Crippen LogP contribution in [0.3, 0.4) is 0 Å². The van der Waals surface area contributed by atoms with Gasteiger partial charge in [-0.25, -0.2) is 4.39 Å². The Hall–Kier alpha value is -2.38. The van der Waals surface area contributed by atoms with Crippen LogP contribution in [0, 0.1) is 19.7 Å². The molecule has 0 radical (unpaired) electrons. The van der Waals surface area contributed by atoms with E-state index in [0.29, 0.717) is 17.2 Å². The Labute approximate surface area is 155 Å². The Morgan fingerprint density at radius 1 is 1.23 bits per heavy atom. The van der Waals surface area contributed by atoms with E-state index in [1.165, 1.54) is 18.1 Å². The van der Waals surface area contributed by atoms with E-state index < -0.39 is 0 Å². The molecule has 3 rings (SSSR count). The Morgan fingerprint density at radius 3 is 2.65 bits per heavy atom. The maximum atomic E-state index is 14.2. The van der Waals surface area contributed by atoms with Crippen LogP contribution >= 0.6 is 11.8 Å². The van der Waals surface area contributed by atoms with Crippen molar-refractivity contribution in [3.05, 3.63) is 58.0 Å². The molecule has 0 aliphatic carbocycles. The van der Waals surface area contributed by atoms with Gasteiger partial charge in [0.05, 0.1) is 23.7 Å². The molecule has 7 heteroatoms. The number of thioether (sulfide) groups is 1. The third-order valence-electron chi connectivity index (χ3n) is 4.24. The van der Waals surface area contributed by atoms with Gasteiger partial charge >= 0.3 is 0 Å². The van der Waals surface area contributed by atoms with Gasteiger partial charge in [-0.05, 0) is 55.4 Å². The number of para-hydroxylation sites is 1. The highest BCUT2D eigenvalue weighted by atomic mass is 32.2. The molecule has 0 unspecified atom stereocenters. The monoisotopic (exact) mass is 374 g/mol. The Balaban J connectivity index is 1.96. The minimum Gasteiger partial charge on any atom is -0.383 e. The lowest BCUT2D eigenvalue weighted by molar-refractivity contribution is -0.123. The average Bonchev–Trinajstić information content (AvgIpc) is 3.03. The summed E-state index contributed by atoms with van der Waals surface area (Å²) in [7, 11) is 1.52. The quantitative estimate of drug-likeness (QED) is 0.745. The molecule has 0 atom stereocenters. The standard InChI is InChI=1S/C19H19FN2O3S/c1-12-10-14(13(2)22(12)16-7-5-4-6-15(16)20)11-17-18(23)21(8-9-25-3)19(24)26-17/h4-7,10-11H,8-9H2,1-3H3/b17-11+. The molecule has 5 nitrogen and oxygen atoms in total. The molecule has 0 N–H and O–H groups in total. The molecule has 26 heavy (non-hydrogen) atoms. The summed E-state index contributed by atoms with van der Waals surface area (Å²) in [5.74, 6) is -0.645. The van der Waals surface area contributed by atoms with Crippen molar-refractivity contribution in [2.24, 2.45) is 0 Å². The van der Waals surface area contributed by atoms with Gasteiger partial charge in [0.15, 0.2) is 0 Å². The van der Waals surface area contributed by atoms with Crippen LogP contribution in [0.25, 0.3) is 11.8 Å². The molecule has 1 aliphatic rings. The number of imide groups is 1. The van der Waals surface area contributed by atoms with E-state index in [2.05, 4.69) is 0 Å². The third-order valence-corrected chi connectivity index (χ3v) is 5.15. The summed E-state index contributed by atoms with van der Waals surface area (Å²) < 4.78 is 20.9. The average molecular weight is 374 g/mol. The Bertz CT molecular complexity index is 904. The molecule has 0 bridgehead atoms. The fraction of sp³-hybridized carbons (Fsp3) is 0.263. The number of aryl methyl sites for hydroxylation is 1. The van der Waals surface area contributed by atoms with Gasteiger partial charge in [0.25, 0.3) is 11.1 Å². The van der Waals surface area contributed by atoms with Crippen LogP contribution in [0.5, 0.6) is 0 Å². The highest BCUT2D eigenvalue weighted by Gasteiger charge is 2.34. The lowest BCUT2D eigenvalue weighted by atomic mass is 10.2. The number of ether oxygens (including phenoxy) is 1. The predicted molar refractivity (Wildman–Crippen MR) is 99.8 cm³/mol. The van der Waals surface area contributed by atoms with Crippen molar-refractivity contribution in [2.75, 3.05) is 20.3 Å². The van der Waals surface area contributed by atoms with Gasteiger partial charge in [0, 0.05) is 18.5 Å². The minimum atomic E-state index is -0.326. The molecular formula is C19H19FN2O3S. The Morgan fingerprint density at radius 2 is 1.96 bits per heavy atom. The molecule has 136 valence electrons. The number of nitrogens with zero attached hydrogens (tertiary/aromatic N) is 2. The van der Waals surface area contributed by atoms with Crippen LogP contribution in [0.15, 0.2) is 35.2 Å². The number of hydrogen-bond acceptors (Lipinski definition) is 4. The number of carbonyl (C=O) groups excluding carboxylic acids is 2. The van der Waals surface area contributed by atoms with E-state index in [9.17, 15) is 14.0 Å². The third kappa shape index (κ3) is 3.32. The number of rotatable bonds is 5. The first-order chi connectivity index (χ1) is 12.4. The summed E-state index contributed by atoms with van der Waals surface area (Å²) in [6.07, 6.45) is 1.69. The summed E-state index contributed by atoms with van der Waals surface area (Å²) in [5.41, 5.74) is 2.88. The van der Waals surface area contributed by atoms with Gasteiger partial charge in [-0.1, -0.05) is 12.1 Å². The maximum Gasteiger partial charge on any atom is 0.293 e. The van der Waals surface area contributed by atoms with Crippen LogP contribution in [-0.4, -0.2) is 40.9 Å². The molecule has 1 aromatic heterocycles. The number of benzene rings is 1. The van der Waals surface area contributed by atoms with Crippen LogP contribution < -0.4 is 0 Å². The first-order valence-corrected chi connectivity index (χ1v) is 8.94. The van der Waals surface area contributed by atoms with Gasteiger partial charge < -0.3 is 9.30 Å². The van der Waals surface area contributed by atoms with Crippen molar-refractivity contribution in [3.8, 4) is 5.69 Å².